The minimum atomic E-state index is -0.249. The molecule has 5 nitrogen and oxygen atoms in total. The summed E-state index contributed by atoms with van der Waals surface area (Å²) in [6, 6.07) is 3.20. The van der Waals surface area contributed by atoms with E-state index in [1.54, 1.807) is 6.07 Å². The molecule has 0 radical (unpaired) electrons. The van der Waals surface area contributed by atoms with Gasteiger partial charge in [-0.1, -0.05) is 0 Å². The highest BCUT2D eigenvalue weighted by Crippen LogP contribution is 2.22. The lowest BCUT2D eigenvalue weighted by Crippen LogP contribution is -2.47. The molecule has 2 unspecified atom stereocenters. The average Bonchev–Trinajstić information content (AvgIpc) is 2.38. The second-order valence-electron chi connectivity index (χ2n) is 4.93. The third-order valence-corrected chi connectivity index (χ3v) is 3.60. The fraction of sp³-hybridized carbons (Fsp3) is 0.538. The van der Waals surface area contributed by atoms with E-state index in [2.05, 4.69) is 4.98 Å². The standard InChI is InChI=1S/C13H19N3O2/c1-9-2-3-10(7-14)8-16(9)13(18)11-4-5-15-12(17)6-11/h4-6,9-10H,2-3,7-8,14H2,1H3,(H,15,17). The number of hydrogen-bond donors (Lipinski definition) is 2. The molecule has 0 aromatic carbocycles. The van der Waals surface area contributed by atoms with Crippen LogP contribution < -0.4 is 11.3 Å². The molecule has 3 N–H and O–H groups in total. The van der Waals surface area contributed by atoms with Crippen LogP contribution in [-0.2, 0) is 0 Å². The Labute approximate surface area is 106 Å². The number of hydrogen-bond acceptors (Lipinski definition) is 3. The summed E-state index contributed by atoms with van der Waals surface area (Å²) in [7, 11) is 0. The highest BCUT2D eigenvalue weighted by atomic mass is 16.2. The van der Waals surface area contributed by atoms with Crippen LogP contribution in [0.2, 0.25) is 0 Å². The second kappa shape index (κ2) is 5.35. The number of likely N-dealkylation sites (tertiary alicyclic amines) is 1. The Morgan fingerprint density at radius 1 is 1.56 bits per heavy atom. The molecule has 0 spiro atoms. The summed E-state index contributed by atoms with van der Waals surface area (Å²) in [5.74, 6) is 0.291. The van der Waals surface area contributed by atoms with Crippen LogP contribution in [-0.4, -0.2) is 34.9 Å². The monoisotopic (exact) mass is 249 g/mol. The highest BCUT2D eigenvalue weighted by molar-refractivity contribution is 5.94. The van der Waals surface area contributed by atoms with Gasteiger partial charge in [0.2, 0.25) is 5.56 Å². The molecule has 0 saturated carbocycles. The van der Waals surface area contributed by atoms with E-state index in [0.29, 0.717) is 24.6 Å². The molecule has 1 aromatic heterocycles. The molecule has 1 fully saturated rings. The maximum atomic E-state index is 12.4. The molecule has 1 aliphatic heterocycles. The number of nitrogens with one attached hydrogen (secondary N) is 1. The SMILES string of the molecule is CC1CCC(CN)CN1C(=O)c1cc[nH]c(=O)c1. The Morgan fingerprint density at radius 3 is 3.00 bits per heavy atom. The number of carbonyl (C=O) groups excluding carboxylic acids is 1. The van der Waals surface area contributed by atoms with Gasteiger partial charge in [0.1, 0.15) is 0 Å². The van der Waals surface area contributed by atoms with E-state index in [1.165, 1.54) is 12.3 Å². The summed E-state index contributed by atoms with van der Waals surface area (Å²) in [6.07, 6.45) is 3.54. The fourth-order valence-corrected chi connectivity index (χ4v) is 2.40. The molecular weight excluding hydrogens is 230 g/mol. The van der Waals surface area contributed by atoms with E-state index in [4.69, 9.17) is 5.73 Å². The molecule has 2 heterocycles. The highest BCUT2D eigenvalue weighted by Gasteiger charge is 2.28. The maximum absolute atomic E-state index is 12.4. The number of aromatic nitrogens is 1. The Morgan fingerprint density at radius 2 is 2.33 bits per heavy atom. The van der Waals surface area contributed by atoms with Gasteiger partial charge in [0, 0.05) is 30.4 Å². The molecule has 98 valence electrons. The van der Waals surface area contributed by atoms with E-state index in [0.717, 1.165) is 12.8 Å². The molecule has 0 aliphatic carbocycles. The molecule has 18 heavy (non-hydrogen) atoms. The van der Waals surface area contributed by atoms with Gasteiger partial charge in [0.25, 0.3) is 5.91 Å². The van der Waals surface area contributed by atoms with Crippen LogP contribution in [0.1, 0.15) is 30.1 Å². The van der Waals surface area contributed by atoms with Crippen LogP contribution >= 0.6 is 0 Å². The molecule has 5 heteroatoms. The third kappa shape index (κ3) is 2.61. The first kappa shape index (κ1) is 12.8. The molecule has 1 saturated heterocycles. The largest absolute Gasteiger partial charge is 0.336 e. The van der Waals surface area contributed by atoms with Crippen molar-refractivity contribution in [2.75, 3.05) is 13.1 Å². The van der Waals surface area contributed by atoms with Crippen molar-refractivity contribution in [3.63, 3.8) is 0 Å². The first-order valence-electron chi connectivity index (χ1n) is 6.31. The zero-order valence-corrected chi connectivity index (χ0v) is 10.6. The molecule has 1 aromatic rings. The molecule has 1 amide bonds. The van der Waals surface area contributed by atoms with Crippen LogP contribution in [0.5, 0.6) is 0 Å². The van der Waals surface area contributed by atoms with Crippen molar-refractivity contribution in [3.05, 3.63) is 34.2 Å². The van der Waals surface area contributed by atoms with Crippen molar-refractivity contribution >= 4 is 5.91 Å². The zero-order chi connectivity index (χ0) is 13.1. The second-order valence-corrected chi connectivity index (χ2v) is 4.93. The summed E-state index contributed by atoms with van der Waals surface area (Å²) in [5.41, 5.74) is 5.88. The first-order chi connectivity index (χ1) is 8.61. The lowest BCUT2D eigenvalue weighted by Gasteiger charge is -2.37. The first-order valence-corrected chi connectivity index (χ1v) is 6.31. The Balaban J connectivity index is 2.19. The number of amides is 1. The van der Waals surface area contributed by atoms with E-state index in [9.17, 15) is 9.59 Å². The van der Waals surface area contributed by atoms with Crippen LogP contribution in [0.4, 0.5) is 0 Å². The zero-order valence-electron chi connectivity index (χ0n) is 10.6. The average molecular weight is 249 g/mol. The van der Waals surface area contributed by atoms with Crippen molar-refractivity contribution in [2.45, 2.75) is 25.8 Å². The molecular formula is C13H19N3O2. The molecule has 1 aliphatic rings. The van der Waals surface area contributed by atoms with Crippen LogP contribution in [0.3, 0.4) is 0 Å². The van der Waals surface area contributed by atoms with Crippen molar-refractivity contribution in [1.29, 1.82) is 0 Å². The van der Waals surface area contributed by atoms with Crippen LogP contribution in [0.25, 0.3) is 0 Å². The number of rotatable bonds is 2. The van der Waals surface area contributed by atoms with Crippen molar-refractivity contribution in [1.82, 2.24) is 9.88 Å². The Hall–Kier alpha value is -1.62. The number of nitrogens with zero attached hydrogens (tertiary/aromatic N) is 1. The minimum Gasteiger partial charge on any atom is -0.336 e. The van der Waals surface area contributed by atoms with Crippen molar-refractivity contribution in [3.8, 4) is 0 Å². The van der Waals surface area contributed by atoms with E-state index in [-0.39, 0.29) is 17.5 Å². The van der Waals surface area contributed by atoms with Gasteiger partial charge < -0.3 is 15.6 Å². The van der Waals surface area contributed by atoms with Gasteiger partial charge in [-0.25, -0.2) is 0 Å². The number of nitrogens with two attached hydrogens (primary N) is 1. The summed E-state index contributed by atoms with van der Waals surface area (Å²) < 4.78 is 0. The topological polar surface area (TPSA) is 79.2 Å². The molecule has 2 rings (SSSR count). The number of aromatic amines is 1. The van der Waals surface area contributed by atoms with Crippen molar-refractivity contribution < 1.29 is 4.79 Å². The third-order valence-electron chi connectivity index (χ3n) is 3.60. The molecule has 2 atom stereocenters. The molecule has 0 bridgehead atoms. The summed E-state index contributed by atoms with van der Waals surface area (Å²) in [5, 5.41) is 0. The minimum absolute atomic E-state index is 0.0771. The van der Waals surface area contributed by atoms with Crippen molar-refractivity contribution in [2.24, 2.45) is 11.7 Å². The normalized spacial score (nSPS) is 24.0. The summed E-state index contributed by atoms with van der Waals surface area (Å²) in [6.45, 7) is 3.33. The van der Waals surface area contributed by atoms with Gasteiger partial charge in [-0.05, 0) is 38.3 Å². The van der Waals surface area contributed by atoms with Gasteiger partial charge >= 0.3 is 0 Å². The Kier molecular flexibility index (Phi) is 3.81. The van der Waals surface area contributed by atoms with Gasteiger partial charge in [-0.3, -0.25) is 9.59 Å². The number of H-pyrrole nitrogens is 1. The van der Waals surface area contributed by atoms with E-state index in [1.807, 2.05) is 11.8 Å². The predicted molar refractivity (Wildman–Crippen MR) is 69.3 cm³/mol. The van der Waals surface area contributed by atoms with Gasteiger partial charge in [0.15, 0.2) is 0 Å². The smallest absolute Gasteiger partial charge is 0.254 e. The van der Waals surface area contributed by atoms with Gasteiger partial charge in [-0.15, -0.1) is 0 Å². The Bertz CT molecular complexity index is 483. The number of carbonyl (C=O) groups is 1. The lowest BCUT2D eigenvalue weighted by molar-refractivity contribution is 0.0566. The summed E-state index contributed by atoms with van der Waals surface area (Å²) >= 11 is 0. The lowest BCUT2D eigenvalue weighted by atomic mass is 9.93. The number of piperidine rings is 1. The number of pyridine rings is 1. The fourth-order valence-electron chi connectivity index (χ4n) is 2.40. The quantitative estimate of drug-likeness (QED) is 0.804. The van der Waals surface area contributed by atoms with Crippen LogP contribution in [0, 0.1) is 5.92 Å². The van der Waals surface area contributed by atoms with Gasteiger partial charge in [0.05, 0.1) is 0 Å². The van der Waals surface area contributed by atoms with Crippen LogP contribution in [0.15, 0.2) is 23.1 Å². The maximum Gasteiger partial charge on any atom is 0.254 e. The summed E-state index contributed by atoms with van der Waals surface area (Å²) in [4.78, 5) is 27.9. The van der Waals surface area contributed by atoms with E-state index >= 15 is 0 Å². The predicted octanol–water partition coefficient (Wildman–Crippen LogP) is 0.574. The van der Waals surface area contributed by atoms with E-state index < -0.39 is 0 Å². The van der Waals surface area contributed by atoms with Gasteiger partial charge in [-0.2, -0.15) is 0 Å².